The fraction of sp³-hybridized carbons (Fsp3) is 0.0200. The van der Waals surface area contributed by atoms with E-state index in [1.165, 1.54) is 0 Å². The zero-order valence-corrected chi connectivity index (χ0v) is 29.8. The van der Waals surface area contributed by atoms with Crippen molar-refractivity contribution in [2.75, 3.05) is 0 Å². The van der Waals surface area contributed by atoms with Crippen LogP contribution in [0.4, 0.5) is 0 Å². The van der Waals surface area contributed by atoms with Crippen molar-refractivity contribution in [1.82, 2.24) is 15.0 Å². The summed E-state index contributed by atoms with van der Waals surface area (Å²) in [6, 6.07) is 53.9. The predicted octanol–water partition coefficient (Wildman–Crippen LogP) is 13.2. The van der Waals surface area contributed by atoms with Crippen molar-refractivity contribution in [2.24, 2.45) is 0 Å². The van der Waals surface area contributed by atoms with E-state index in [9.17, 15) is 0 Å². The Bertz CT molecular complexity index is 3080. The van der Waals surface area contributed by atoms with Gasteiger partial charge in [0.25, 0.3) is 0 Å². The van der Waals surface area contributed by atoms with Crippen LogP contribution in [0.3, 0.4) is 0 Å². The monoisotopic (exact) mass is 707 g/mol. The molecule has 0 saturated carbocycles. The molecule has 5 heteroatoms. The minimum Gasteiger partial charge on any atom is -0.456 e. The normalized spacial score (nSPS) is 11.7. The quantitative estimate of drug-likeness (QED) is 0.157. The summed E-state index contributed by atoms with van der Waals surface area (Å²) in [7, 11) is 0. The van der Waals surface area contributed by atoms with Crippen molar-refractivity contribution in [2.45, 2.75) is 6.42 Å². The third-order valence-electron chi connectivity index (χ3n) is 10.2. The molecule has 7 aromatic carbocycles. The first-order valence-electron chi connectivity index (χ1n) is 18.4. The lowest BCUT2D eigenvalue weighted by Crippen LogP contribution is -2.02. The fourth-order valence-corrected chi connectivity index (χ4v) is 7.51. The van der Waals surface area contributed by atoms with Crippen molar-refractivity contribution in [3.8, 4) is 45.3 Å². The molecule has 0 amide bonds. The first-order valence-corrected chi connectivity index (χ1v) is 18.4. The topological polar surface area (TPSA) is 65.0 Å². The highest BCUT2D eigenvalue weighted by molar-refractivity contribution is 6.12. The Morgan fingerprint density at radius 1 is 0.491 bits per heavy atom. The van der Waals surface area contributed by atoms with Gasteiger partial charge in [0.2, 0.25) is 0 Å². The van der Waals surface area contributed by atoms with Crippen LogP contribution in [0.5, 0.6) is 0 Å². The van der Waals surface area contributed by atoms with Crippen LogP contribution < -0.4 is 0 Å². The number of fused-ring (bicyclic) bond motifs is 5. The molecule has 0 aliphatic carbocycles. The average molecular weight is 708 g/mol. The second kappa shape index (κ2) is 13.6. The van der Waals surface area contributed by atoms with Gasteiger partial charge < -0.3 is 8.83 Å². The molecule has 0 aliphatic heterocycles. The molecule has 0 spiro atoms. The zero-order valence-electron chi connectivity index (χ0n) is 29.8. The summed E-state index contributed by atoms with van der Waals surface area (Å²) in [6.45, 7) is 4.07. The number of furan rings is 2. The van der Waals surface area contributed by atoms with Crippen LogP contribution in [-0.2, 0) is 6.42 Å². The summed E-state index contributed by atoms with van der Waals surface area (Å²) in [5, 5.41) is 5.29. The van der Waals surface area contributed by atoms with E-state index in [0.29, 0.717) is 23.9 Å². The minimum absolute atomic E-state index is 0.580. The maximum atomic E-state index is 6.43. The number of para-hydroxylation sites is 2. The molecule has 0 fully saturated rings. The zero-order chi connectivity index (χ0) is 36.7. The first kappa shape index (κ1) is 32.3. The standard InChI is InChI=1S/C50H33N3O2/c1-2-39-40-18-8-10-20-43(40)54-42(39)22-12-17-35-29-30-45-47(41-19-9-11-21-44(41)55-45)46(35)50-52-48(36-26-23-34(24-27-36)32-13-4-3-5-14-32)51-49(53-50)38-28-25-33-15-6-7-16-37(33)31-38/h2-16,18-31H,1,17H2/b22-12-. The second-order valence-electron chi connectivity index (χ2n) is 13.6. The van der Waals surface area contributed by atoms with Gasteiger partial charge >= 0.3 is 0 Å². The summed E-state index contributed by atoms with van der Waals surface area (Å²) in [5.74, 6) is 2.54. The molecular weight excluding hydrogens is 675 g/mol. The Hall–Kier alpha value is -7.37. The van der Waals surface area contributed by atoms with E-state index in [1.807, 2.05) is 60.7 Å². The molecular formula is C50H33N3O2. The van der Waals surface area contributed by atoms with Gasteiger partial charge in [-0.2, -0.15) is 0 Å². The highest BCUT2D eigenvalue weighted by Crippen LogP contribution is 2.39. The Morgan fingerprint density at radius 3 is 1.91 bits per heavy atom. The fourth-order valence-electron chi connectivity index (χ4n) is 7.51. The number of nitrogens with zero attached hydrogens (tertiary/aromatic N) is 3. The van der Waals surface area contributed by atoms with Gasteiger partial charge in [-0.05, 0) is 64.2 Å². The van der Waals surface area contributed by atoms with Crippen LogP contribution in [0.25, 0.3) is 101 Å². The van der Waals surface area contributed by atoms with E-state index < -0.39 is 0 Å². The molecule has 0 unspecified atom stereocenters. The summed E-state index contributed by atoms with van der Waals surface area (Å²) in [4.78, 5) is 15.7. The molecule has 5 nitrogen and oxygen atoms in total. The highest BCUT2D eigenvalue weighted by Gasteiger charge is 2.21. The highest BCUT2D eigenvalue weighted by atomic mass is 16.3. The molecule has 260 valence electrons. The number of allylic oxidation sites excluding steroid dienone is 1. The lowest BCUT2D eigenvalue weighted by Gasteiger charge is -2.13. The Labute approximate surface area is 317 Å². The third-order valence-corrected chi connectivity index (χ3v) is 10.2. The van der Waals surface area contributed by atoms with Crippen LogP contribution in [0.1, 0.15) is 16.9 Å². The molecule has 0 bridgehead atoms. The molecule has 55 heavy (non-hydrogen) atoms. The first-order chi connectivity index (χ1) is 27.2. The minimum atomic E-state index is 0.580. The van der Waals surface area contributed by atoms with Gasteiger partial charge in [-0.1, -0.05) is 152 Å². The van der Waals surface area contributed by atoms with E-state index in [2.05, 4.69) is 122 Å². The molecule has 0 aliphatic rings. The lowest BCUT2D eigenvalue weighted by molar-refractivity contribution is 0.603. The lowest BCUT2D eigenvalue weighted by atomic mass is 9.97. The Morgan fingerprint density at radius 2 is 1.11 bits per heavy atom. The Kier molecular flexibility index (Phi) is 7.96. The summed E-state index contributed by atoms with van der Waals surface area (Å²) < 4.78 is 12.7. The molecule has 3 heterocycles. The number of benzene rings is 7. The van der Waals surface area contributed by atoms with Crippen molar-refractivity contribution in [1.29, 1.82) is 0 Å². The van der Waals surface area contributed by atoms with E-state index in [0.717, 1.165) is 88.4 Å². The average Bonchev–Trinajstić information content (AvgIpc) is 3.81. The number of hydrogen-bond donors (Lipinski definition) is 0. The van der Waals surface area contributed by atoms with Crippen LogP contribution in [-0.4, -0.2) is 15.0 Å². The number of aromatic nitrogens is 3. The van der Waals surface area contributed by atoms with Crippen LogP contribution in [0, 0.1) is 0 Å². The van der Waals surface area contributed by atoms with Gasteiger partial charge in [-0.15, -0.1) is 0 Å². The van der Waals surface area contributed by atoms with Crippen LogP contribution in [0.2, 0.25) is 0 Å². The van der Waals surface area contributed by atoms with Crippen molar-refractivity contribution >= 4 is 55.8 Å². The maximum Gasteiger partial charge on any atom is 0.165 e. The van der Waals surface area contributed by atoms with Gasteiger partial charge in [-0.3, -0.25) is 0 Å². The van der Waals surface area contributed by atoms with Gasteiger partial charge in [0.1, 0.15) is 22.5 Å². The summed E-state index contributed by atoms with van der Waals surface area (Å²) in [6.07, 6.45) is 6.61. The molecule has 0 saturated heterocycles. The Balaban J connectivity index is 1.17. The van der Waals surface area contributed by atoms with Gasteiger partial charge in [0, 0.05) is 38.4 Å². The van der Waals surface area contributed by atoms with Crippen LogP contribution >= 0.6 is 0 Å². The van der Waals surface area contributed by atoms with Crippen molar-refractivity contribution in [3.05, 3.63) is 187 Å². The van der Waals surface area contributed by atoms with E-state index in [1.54, 1.807) is 0 Å². The maximum absolute atomic E-state index is 6.43. The van der Waals surface area contributed by atoms with Crippen LogP contribution in [0.15, 0.2) is 179 Å². The van der Waals surface area contributed by atoms with E-state index in [-0.39, 0.29) is 0 Å². The van der Waals surface area contributed by atoms with Crippen molar-refractivity contribution < 1.29 is 8.83 Å². The molecule has 3 aromatic heterocycles. The van der Waals surface area contributed by atoms with Gasteiger partial charge in [0.15, 0.2) is 17.5 Å². The smallest absolute Gasteiger partial charge is 0.165 e. The van der Waals surface area contributed by atoms with Gasteiger partial charge in [-0.25, -0.2) is 15.0 Å². The van der Waals surface area contributed by atoms with Crippen molar-refractivity contribution in [3.63, 3.8) is 0 Å². The molecule has 0 N–H and O–H groups in total. The summed E-state index contributed by atoms with van der Waals surface area (Å²) >= 11 is 0. The predicted molar refractivity (Wildman–Crippen MR) is 225 cm³/mol. The molecule has 10 rings (SSSR count). The molecule has 10 aromatic rings. The van der Waals surface area contributed by atoms with E-state index >= 15 is 0 Å². The summed E-state index contributed by atoms with van der Waals surface area (Å²) in [5.41, 5.74) is 9.45. The largest absolute Gasteiger partial charge is 0.456 e. The third kappa shape index (κ3) is 5.88. The van der Waals surface area contributed by atoms with Gasteiger partial charge in [0.05, 0.1) is 0 Å². The molecule has 0 radical (unpaired) electrons. The van der Waals surface area contributed by atoms with E-state index in [4.69, 9.17) is 23.8 Å². The SMILES string of the molecule is C=Cc1c(/C=C\Cc2ccc3oc4ccccc4c3c2-c2nc(-c3ccc(-c4ccccc4)cc3)nc(-c3ccc4ccccc4c3)n2)oc2ccccc12. The second-order valence-corrected chi connectivity index (χ2v) is 13.6. The number of hydrogen-bond acceptors (Lipinski definition) is 5. The number of rotatable bonds is 8. The molecule has 0 atom stereocenters.